The average Bonchev–Trinajstić information content (AvgIpc) is 2.67. The molecule has 16 heavy (non-hydrogen) atoms. The summed E-state index contributed by atoms with van der Waals surface area (Å²) in [6.45, 7) is 0.439. The number of tetrazole rings is 1. The van der Waals surface area contributed by atoms with Gasteiger partial charge in [-0.3, -0.25) is 0 Å². The SMILES string of the molecule is Cn1nnnc1Sc1c(Cl)cccc1CN. The van der Waals surface area contributed by atoms with Crippen LogP contribution >= 0.6 is 23.4 Å². The Hall–Kier alpha value is -1.11. The molecule has 2 N–H and O–H groups in total. The Morgan fingerprint density at radius 2 is 2.31 bits per heavy atom. The lowest BCUT2D eigenvalue weighted by Crippen LogP contribution is -2.00. The Bertz CT molecular complexity index is 498. The lowest BCUT2D eigenvalue weighted by atomic mass is 10.2. The molecule has 1 aromatic carbocycles. The molecule has 84 valence electrons. The first-order chi connectivity index (χ1) is 7.72. The Morgan fingerprint density at radius 1 is 1.50 bits per heavy atom. The van der Waals surface area contributed by atoms with Gasteiger partial charge in [-0.15, -0.1) is 5.10 Å². The summed E-state index contributed by atoms with van der Waals surface area (Å²) < 4.78 is 1.59. The van der Waals surface area contributed by atoms with Gasteiger partial charge in [0.05, 0.1) is 5.02 Å². The predicted octanol–water partition coefficient (Wildman–Crippen LogP) is 1.47. The Balaban J connectivity index is 2.37. The number of benzene rings is 1. The van der Waals surface area contributed by atoms with Crippen LogP contribution in [0.2, 0.25) is 5.02 Å². The summed E-state index contributed by atoms with van der Waals surface area (Å²) in [5, 5.41) is 12.6. The van der Waals surface area contributed by atoms with Gasteiger partial charge in [0, 0.05) is 18.5 Å². The van der Waals surface area contributed by atoms with Crippen LogP contribution in [0.3, 0.4) is 0 Å². The number of hydrogen-bond acceptors (Lipinski definition) is 5. The minimum absolute atomic E-state index is 0.439. The lowest BCUT2D eigenvalue weighted by Gasteiger charge is -2.07. The zero-order valence-electron chi connectivity index (χ0n) is 8.59. The van der Waals surface area contributed by atoms with E-state index in [1.54, 1.807) is 11.7 Å². The third-order valence-corrected chi connectivity index (χ3v) is 3.68. The van der Waals surface area contributed by atoms with Crippen molar-refractivity contribution in [2.24, 2.45) is 12.8 Å². The van der Waals surface area contributed by atoms with E-state index in [4.69, 9.17) is 17.3 Å². The summed E-state index contributed by atoms with van der Waals surface area (Å²) in [5.74, 6) is 0. The number of hydrogen-bond donors (Lipinski definition) is 1. The summed E-state index contributed by atoms with van der Waals surface area (Å²) in [7, 11) is 1.78. The molecular formula is C9H10ClN5S. The van der Waals surface area contributed by atoms with Crippen molar-refractivity contribution in [3.63, 3.8) is 0 Å². The fourth-order valence-corrected chi connectivity index (χ4v) is 2.41. The van der Waals surface area contributed by atoms with Gasteiger partial charge in [-0.05, 0) is 33.8 Å². The summed E-state index contributed by atoms with van der Waals surface area (Å²) in [6.07, 6.45) is 0. The highest BCUT2D eigenvalue weighted by Gasteiger charge is 2.11. The van der Waals surface area contributed by atoms with Crippen LogP contribution in [0.1, 0.15) is 5.56 Å². The van der Waals surface area contributed by atoms with Crippen LogP contribution in [0.25, 0.3) is 0 Å². The summed E-state index contributed by atoms with van der Waals surface area (Å²) in [4.78, 5) is 0.907. The molecule has 0 fully saturated rings. The third kappa shape index (κ3) is 2.18. The summed E-state index contributed by atoms with van der Waals surface area (Å²) in [6, 6.07) is 5.65. The van der Waals surface area contributed by atoms with Crippen LogP contribution in [0.15, 0.2) is 28.3 Å². The van der Waals surface area contributed by atoms with Crippen molar-refractivity contribution in [1.82, 2.24) is 20.2 Å². The molecule has 0 spiro atoms. The van der Waals surface area contributed by atoms with Crippen molar-refractivity contribution >= 4 is 23.4 Å². The molecule has 1 heterocycles. The van der Waals surface area contributed by atoms with Gasteiger partial charge in [0.25, 0.3) is 0 Å². The molecule has 7 heteroatoms. The van der Waals surface area contributed by atoms with Crippen molar-refractivity contribution in [3.05, 3.63) is 28.8 Å². The molecule has 2 rings (SSSR count). The first-order valence-corrected chi connectivity index (χ1v) is 5.79. The zero-order chi connectivity index (χ0) is 11.5. The smallest absolute Gasteiger partial charge is 0.213 e. The molecule has 0 bridgehead atoms. The van der Waals surface area contributed by atoms with E-state index in [-0.39, 0.29) is 0 Å². The van der Waals surface area contributed by atoms with Crippen molar-refractivity contribution < 1.29 is 0 Å². The molecule has 0 aliphatic heterocycles. The van der Waals surface area contributed by atoms with Crippen molar-refractivity contribution in [3.8, 4) is 0 Å². The van der Waals surface area contributed by atoms with Crippen molar-refractivity contribution in [2.75, 3.05) is 0 Å². The largest absolute Gasteiger partial charge is 0.326 e. The highest BCUT2D eigenvalue weighted by atomic mass is 35.5. The third-order valence-electron chi connectivity index (χ3n) is 2.04. The van der Waals surface area contributed by atoms with Gasteiger partial charge in [-0.25, -0.2) is 4.68 Å². The number of rotatable bonds is 3. The van der Waals surface area contributed by atoms with Gasteiger partial charge in [-0.1, -0.05) is 23.7 Å². The molecule has 5 nitrogen and oxygen atoms in total. The second-order valence-corrected chi connectivity index (χ2v) is 4.50. The topological polar surface area (TPSA) is 69.6 Å². The molecule has 0 aliphatic carbocycles. The predicted molar refractivity (Wildman–Crippen MR) is 62.3 cm³/mol. The summed E-state index contributed by atoms with van der Waals surface area (Å²) in [5.41, 5.74) is 6.64. The molecule has 0 saturated carbocycles. The van der Waals surface area contributed by atoms with E-state index in [0.717, 1.165) is 10.5 Å². The lowest BCUT2D eigenvalue weighted by molar-refractivity contribution is 0.664. The van der Waals surface area contributed by atoms with Crippen molar-refractivity contribution in [1.29, 1.82) is 0 Å². The van der Waals surface area contributed by atoms with Crippen LogP contribution in [0, 0.1) is 0 Å². The van der Waals surface area contributed by atoms with E-state index < -0.39 is 0 Å². The fourth-order valence-electron chi connectivity index (χ4n) is 1.23. The van der Waals surface area contributed by atoms with Gasteiger partial charge >= 0.3 is 0 Å². The number of nitrogens with two attached hydrogens (primary N) is 1. The number of halogens is 1. The molecular weight excluding hydrogens is 246 g/mol. The van der Waals surface area contributed by atoms with E-state index in [1.807, 2.05) is 18.2 Å². The standard InChI is InChI=1S/C9H10ClN5S/c1-15-9(12-13-14-15)16-8-6(5-11)3-2-4-7(8)10/h2-4H,5,11H2,1H3. The Kier molecular flexibility index (Phi) is 3.42. The molecule has 1 aromatic heterocycles. The minimum atomic E-state index is 0.439. The van der Waals surface area contributed by atoms with Crippen LogP contribution in [0.4, 0.5) is 0 Å². The molecule has 0 radical (unpaired) electrons. The van der Waals surface area contributed by atoms with Crippen LogP contribution in [-0.4, -0.2) is 20.2 Å². The first kappa shape index (κ1) is 11.4. The molecule has 0 amide bonds. The van der Waals surface area contributed by atoms with E-state index in [9.17, 15) is 0 Å². The Labute approximate surface area is 102 Å². The van der Waals surface area contributed by atoms with E-state index in [0.29, 0.717) is 16.7 Å². The number of aryl methyl sites for hydroxylation is 1. The maximum atomic E-state index is 6.12. The number of aromatic nitrogens is 4. The van der Waals surface area contributed by atoms with Gasteiger partial charge < -0.3 is 5.73 Å². The minimum Gasteiger partial charge on any atom is -0.326 e. The number of nitrogens with zero attached hydrogens (tertiary/aromatic N) is 4. The second kappa shape index (κ2) is 4.82. The Morgan fingerprint density at radius 3 is 2.94 bits per heavy atom. The molecule has 0 atom stereocenters. The molecule has 0 saturated heterocycles. The summed E-state index contributed by atoms with van der Waals surface area (Å²) >= 11 is 7.54. The van der Waals surface area contributed by atoms with E-state index >= 15 is 0 Å². The monoisotopic (exact) mass is 255 g/mol. The van der Waals surface area contributed by atoms with Gasteiger partial charge in [0.1, 0.15) is 0 Å². The molecule has 0 aliphatic rings. The van der Waals surface area contributed by atoms with Gasteiger partial charge in [-0.2, -0.15) is 0 Å². The maximum absolute atomic E-state index is 6.12. The average molecular weight is 256 g/mol. The quantitative estimate of drug-likeness (QED) is 0.900. The van der Waals surface area contributed by atoms with Crippen LogP contribution < -0.4 is 5.73 Å². The molecule has 0 unspecified atom stereocenters. The van der Waals surface area contributed by atoms with E-state index in [1.165, 1.54) is 11.8 Å². The molecule has 2 aromatic rings. The highest BCUT2D eigenvalue weighted by molar-refractivity contribution is 7.99. The van der Waals surface area contributed by atoms with E-state index in [2.05, 4.69) is 15.5 Å². The zero-order valence-corrected chi connectivity index (χ0v) is 10.2. The van der Waals surface area contributed by atoms with Crippen LogP contribution in [0.5, 0.6) is 0 Å². The fraction of sp³-hybridized carbons (Fsp3) is 0.222. The van der Waals surface area contributed by atoms with Gasteiger partial charge in [0.2, 0.25) is 5.16 Å². The maximum Gasteiger partial charge on any atom is 0.213 e. The van der Waals surface area contributed by atoms with Crippen molar-refractivity contribution in [2.45, 2.75) is 16.6 Å². The second-order valence-electron chi connectivity index (χ2n) is 3.12. The first-order valence-electron chi connectivity index (χ1n) is 4.60. The van der Waals surface area contributed by atoms with Crippen LogP contribution in [-0.2, 0) is 13.6 Å². The highest BCUT2D eigenvalue weighted by Crippen LogP contribution is 2.34. The normalized spacial score (nSPS) is 10.7. The van der Waals surface area contributed by atoms with Gasteiger partial charge in [0.15, 0.2) is 0 Å².